The molecular formula is C42H73O8P. The number of allylic oxidation sites excluding steroid dienone is 9. The highest BCUT2D eigenvalue weighted by Gasteiger charge is 2.24. The van der Waals surface area contributed by atoms with Gasteiger partial charge in [0.2, 0.25) is 0 Å². The fourth-order valence-electron chi connectivity index (χ4n) is 5.26. The highest BCUT2D eigenvalue weighted by Crippen LogP contribution is 2.42. The molecule has 0 saturated heterocycles. The number of rotatable bonds is 36. The molecule has 9 heteroatoms. The third-order valence-electron chi connectivity index (χ3n) is 8.31. The van der Waals surface area contributed by atoms with Crippen molar-refractivity contribution < 1.29 is 37.6 Å². The highest BCUT2D eigenvalue weighted by molar-refractivity contribution is 7.47. The van der Waals surface area contributed by atoms with Crippen LogP contribution < -0.4 is 0 Å². The van der Waals surface area contributed by atoms with Gasteiger partial charge in [0, 0.05) is 13.5 Å². The third kappa shape index (κ3) is 37.3. The molecule has 51 heavy (non-hydrogen) atoms. The van der Waals surface area contributed by atoms with Gasteiger partial charge in [-0.05, 0) is 38.5 Å². The molecule has 0 bridgehead atoms. The van der Waals surface area contributed by atoms with Crippen LogP contribution >= 0.6 is 7.82 Å². The SMILES string of the molecule is CC/C=C\C/C=C\C/C=C\C/C=C\C/C=C\CC(=O)OC(COC(=O)CCCCCCCCCCCCCCCCCCC)COP(=O)(O)OC. The van der Waals surface area contributed by atoms with E-state index in [1.165, 1.54) is 89.9 Å². The van der Waals surface area contributed by atoms with Crippen molar-refractivity contribution >= 4 is 19.8 Å². The van der Waals surface area contributed by atoms with Crippen LogP contribution in [0, 0.1) is 0 Å². The first-order valence-electron chi connectivity index (χ1n) is 20.0. The Morgan fingerprint density at radius 3 is 1.41 bits per heavy atom. The molecule has 0 saturated carbocycles. The predicted molar refractivity (Wildman–Crippen MR) is 211 cm³/mol. The predicted octanol–water partition coefficient (Wildman–Crippen LogP) is 12.4. The first kappa shape index (κ1) is 48.8. The van der Waals surface area contributed by atoms with Crippen molar-refractivity contribution in [2.75, 3.05) is 20.3 Å². The minimum atomic E-state index is -4.28. The second-order valence-corrected chi connectivity index (χ2v) is 14.6. The molecule has 0 aliphatic rings. The number of phosphoric ester groups is 1. The Morgan fingerprint density at radius 2 is 0.980 bits per heavy atom. The summed E-state index contributed by atoms with van der Waals surface area (Å²) in [4.78, 5) is 34.3. The van der Waals surface area contributed by atoms with E-state index in [1.807, 2.05) is 12.2 Å². The molecule has 0 aromatic carbocycles. The van der Waals surface area contributed by atoms with Gasteiger partial charge in [-0.15, -0.1) is 0 Å². The zero-order valence-corrected chi connectivity index (χ0v) is 33.4. The molecule has 0 amide bonds. The van der Waals surface area contributed by atoms with Gasteiger partial charge in [0.05, 0.1) is 13.0 Å². The van der Waals surface area contributed by atoms with Crippen LogP contribution in [0.3, 0.4) is 0 Å². The maximum Gasteiger partial charge on any atom is 0.472 e. The summed E-state index contributed by atoms with van der Waals surface area (Å²) in [6.45, 7) is 3.69. The zero-order chi connectivity index (χ0) is 37.5. The summed E-state index contributed by atoms with van der Waals surface area (Å²) in [5, 5.41) is 0. The lowest BCUT2D eigenvalue weighted by atomic mass is 10.0. The van der Waals surface area contributed by atoms with Crippen molar-refractivity contribution in [3.63, 3.8) is 0 Å². The molecule has 0 radical (unpaired) electrons. The first-order valence-corrected chi connectivity index (χ1v) is 21.5. The van der Waals surface area contributed by atoms with Crippen LogP contribution in [0.4, 0.5) is 0 Å². The third-order valence-corrected chi connectivity index (χ3v) is 9.25. The van der Waals surface area contributed by atoms with Crippen molar-refractivity contribution in [3.05, 3.63) is 60.8 Å². The topological polar surface area (TPSA) is 108 Å². The number of carbonyl (C=O) groups is 2. The lowest BCUT2D eigenvalue weighted by molar-refractivity contribution is -0.160. The molecule has 0 aliphatic carbocycles. The van der Waals surface area contributed by atoms with E-state index < -0.39 is 32.5 Å². The number of ether oxygens (including phenoxy) is 2. The average molecular weight is 737 g/mol. The standard InChI is InChI=1S/C42H73O8P/c1-4-6-8-10-12-14-16-18-20-21-23-24-26-28-30-32-34-36-41(43)48-38-40(39-49-51(45,46)47-3)50-42(44)37-35-33-31-29-27-25-22-19-17-15-13-11-9-7-5-2/h7,9,13,15,19,22,27,29,33,35,40H,4-6,8,10-12,14,16-18,20-21,23-26,28,30-32,34,36-39H2,1-3H3,(H,45,46)/b9-7-,15-13-,22-19-,29-27-,35-33-. The smallest absolute Gasteiger partial charge is 0.462 e. The molecule has 2 unspecified atom stereocenters. The summed E-state index contributed by atoms with van der Waals surface area (Å²) in [6.07, 6.45) is 45.9. The fourth-order valence-corrected chi connectivity index (χ4v) is 5.72. The number of esters is 2. The summed E-state index contributed by atoms with van der Waals surface area (Å²) in [6, 6.07) is 0. The molecule has 0 fully saturated rings. The summed E-state index contributed by atoms with van der Waals surface area (Å²) in [5.74, 6) is -0.951. The van der Waals surface area contributed by atoms with Gasteiger partial charge < -0.3 is 14.4 Å². The lowest BCUT2D eigenvalue weighted by Crippen LogP contribution is -2.29. The van der Waals surface area contributed by atoms with Crippen molar-refractivity contribution in [1.29, 1.82) is 0 Å². The minimum Gasteiger partial charge on any atom is -0.462 e. The Morgan fingerprint density at radius 1 is 0.569 bits per heavy atom. The maximum atomic E-state index is 12.4. The van der Waals surface area contributed by atoms with E-state index in [1.54, 1.807) is 6.08 Å². The molecule has 0 aromatic rings. The largest absolute Gasteiger partial charge is 0.472 e. The van der Waals surface area contributed by atoms with E-state index in [0.717, 1.165) is 52.1 Å². The van der Waals surface area contributed by atoms with E-state index in [2.05, 4.69) is 60.9 Å². The van der Waals surface area contributed by atoms with Crippen LogP contribution in [0.5, 0.6) is 0 Å². The Bertz CT molecular complexity index is 1020. The molecule has 0 spiro atoms. The zero-order valence-electron chi connectivity index (χ0n) is 32.5. The highest BCUT2D eigenvalue weighted by atomic mass is 31.2. The second kappa shape index (κ2) is 37.5. The van der Waals surface area contributed by atoms with Crippen molar-refractivity contribution in [3.8, 4) is 0 Å². The van der Waals surface area contributed by atoms with Gasteiger partial charge in [0.1, 0.15) is 6.61 Å². The Hall–Kier alpha value is -2.25. The van der Waals surface area contributed by atoms with E-state index in [0.29, 0.717) is 6.42 Å². The van der Waals surface area contributed by atoms with Gasteiger partial charge in [0.25, 0.3) is 0 Å². The van der Waals surface area contributed by atoms with Crippen LogP contribution in [0.15, 0.2) is 60.8 Å². The number of phosphoric acid groups is 1. The van der Waals surface area contributed by atoms with Gasteiger partial charge in [-0.25, -0.2) is 4.57 Å². The molecular weight excluding hydrogens is 663 g/mol. The number of hydrogen-bond acceptors (Lipinski definition) is 7. The van der Waals surface area contributed by atoms with Gasteiger partial charge in [-0.1, -0.05) is 177 Å². The Kier molecular flexibility index (Phi) is 35.9. The molecule has 0 aromatic heterocycles. The average Bonchev–Trinajstić information content (AvgIpc) is 3.12. The van der Waals surface area contributed by atoms with Crippen LogP contribution in [0.1, 0.15) is 168 Å². The number of carbonyl (C=O) groups excluding carboxylic acids is 2. The summed E-state index contributed by atoms with van der Waals surface area (Å²) in [5.41, 5.74) is 0. The van der Waals surface area contributed by atoms with Crippen molar-refractivity contribution in [2.45, 2.75) is 174 Å². The monoisotopic (exact) mass is 737 g/mol. The van der Waals surface area contributed by atoms with Gasteiger partial charge in [0.15, 0.2) is 6.10 Å². The fraction of sp³-hybridized carbons (Fsp3) is 0.714. The Labute approximate surface area is 311 Å². The van der Waals surface area contributed by atoms with Crippen molar-refractivity contribution in [1.82, 2.24) is 0 Å². The van der Waals surface area contributed by atoms with E-state index in [-0.39, 0.29) is 19.4 Å². The van der Waals surface area contributed by atoms with Crippen LogP contribution in [-0.4, -0.2) is 43.3 Å². The van der Waals surface area contributed by atoms with Crippen LogP contribution in [-0.2, 0) is 32.7 Å². The molecule has 2 atom stereocenters. The first-order chi connectivity index (χ1) is 24.8. The van der Waals surface area contributed by atoms with Gasteiger partial charge in [-0.3, -0.25) is 18.6 Å². The molecule has 0 aliphatic heterocycles. The van der Waals surface area contributed by atoms with Gasteiger partial charge in [-0.2, -0.15) is 0 Å². The van der Waals surface area contributed by atoms with Gasteiger partial charge >= 0.3 is 19.8 Å². The maximum absolute atomic E-state index is 12.4. The van der Waals surface area contributed by atoms with E-state index >= 15 is 0 Å². The summed E-state index contributed by atoms with van der Waals surface area (Å²) >= 11 is 0. The molecule has 0 heterocycles. The number of unbranched alkanes of at least 4 members (excludes halogenated alkanes) is 16. The second-order valence-electron chi connectivity index (χ2n) is 13.1. The minimum absolute atomic E-state index is 0.0122. The Balaban J connectivity index is 4.14. The molecule has 1 N–H and O–H groups in total. The van der Waals surface area contributed by atoms with Crippen LogP contribution in [0.25, 0.3) is 0 Å². The molecule has 0 rings (SSSR count). The summed E-state index contributed by atoms with van der Waals surface area (Å²) < 4.78 is 31.8. The van der Waals surface area contributed by atoms with E-state index in [4.69, 9.17) is 14.0 Å². The van der Waals surface area contributed by atoms with E-state index in [9.17, 15) is 19.0 Å². The number of hydrogen-bond donors (Lipinski definition) is 1. The lowest BCUT2D eigenvalue weighted by Gasteiger charge is -2.19. The molecule has 8 nitrogen and oxygen atoms in total. The normalized spacial score (nSPS) is 14.0. The van der Waals surface area contributed by atoms with Crippen molar-refractivity contribution in [2.24, 2.45) is 0 Å². The van der Waals surface area contributed by atoms with Crippen LogP contribution in [0.2, 0.25) is 0 Å². The molecule has 294 valence electrons. The summed E-state index contributed by atoms with van der Waals surface area (Å²) in [7, 11) is -3.24. The quantitative estimate of drug-likeness (QED) is 0.0293.